The Morgan fingerprint density at radius 3 is 2.57 bits per heavy atom. The lowest BCUT2D eigenvalue weighted by molar-refractivity contribution is 0.0767. The van der Waals surface area contributed by atoms with E-state index in [1.165, 1.54) is 0 Å². The molecule has 3 aromatic rings. The second-order valence-electron chi connectivity index (χ2n) is 9.14. The fraction of sp³-hybridized carbons (Fsp3) is 0.500. The lowest BCUT2D eigenvalue weighted by atomic mass is 9.74. The molecule has 3 heterocycles. The van der Waals surface area contributed by atoms with E-state index in [9.17, 15) is 9.59 Å². The third-order valence-electron chi connectivity index (χ3n) is 6.97. The Bertz CT molecular complexity index is 1240. The third kappa shape index (κ3) is 4.51. The molecule has 0 radical (unpaired) electrons. The Hall–Kier alpha value is -3.00. The highest BCUT2D eigenvalue weighted by Crippen LogP contribution is 2.49. The lowest BCUT2D eigenvalue weighted by Crippen LogP contribution is -2.52. The van der Waals surface area contributed by atoms with Crippen LogP contribution in [0.1, 0.15) is 79.1 Å². The van der Waals surface area contributed by atoms with Crippen LogP contribution >= 0.6 is 11.6 Å². The summed E-state index contributed by atoms with van der Waals surface area (Å²) >= 11 is 6.58. The molecule has 188 valence electrons. The molecule has 1 saturated carbocycles. The summed E-state index contributed by atoms with van der Waals surface area (Å²) in [5.41, 5.74) is 3.35. The summed E-state index contributed by atoms with van der Waals surface area (Å²) in [6, 6.07) is 3.23. The monoisotopic (exact) mass is 500 g/mol. The van der Waals surface area contributed by atoms with E-state index in [4.69, 9.17) is 20.5 Å². The summed E-state index contributed by atoms with van der Waals surface area (Å²) in [7, 11) is 1.75. The number of benzene rings is 1. The molecular weight excluding hydrogens is 468 g/mol. The molecule has 1 spiro atoms. The SMILES string of the molecule is CC.Cc1noc(C)c1CCN(C)C(=O)c1cc2cc(Cl)c3c(c2o1)C1(CCCCC1)NC(=O)N3. The molecule has 5 rings (SSSR count). The molecule has 0 atom stereocenters. The minimum Gasteiger partial charge on any atom is -0.450 e. The third-order valence-corrected chi connectivity index (χ3v) is 7.27. The zero-order valence-corrected chi connectivity index (χ0v) is 21.8. The van der Waals surface area contributed by atoms with E-state index in [2.05, 4.69) is 15.8 Å². The molecule has 3 amide bonds. The summed E-state index contributed by atoms with van der Waals surface area (Å²) in [5, 5.41) is 11.2. The van der Waals surface area contributed by atoms with Gasteiger partial charge < -0.3 is 24.5 Å². The second kappa shape index (κ2) is 9.93. The van der Waals surface area contributed by atoms with Crippen LogP contribution in [-0.4, -0.2) is 35.6 Å². The van der Waals surface area contributed by atoms with Crippen molar-refractivity contribution < 1.29 is 18.5 Å². The van der Waals surface area contributed by atoms with Gasteiger partial charge in [-0.3, -0.25) is 4.79 Å². The average Bonchev–Trinajstić information content (AvgIpc) is 3.41. The topological polar surface area (TPSA) is 101 Å². The normalized spacial score (nSPS) is 16.2. The number of furan rings is 1. The van der Waals surface area contributed by atoms with Crippen molar-refractivity contribution in [1.29, 1.82) is 0 Å². The number of nitrogens with one attached hydrogen (secondary N) is 2. The Balaban J connectivity index is 0.00000141. The van der Waals surface area contributed by atoms with Crippen LogP contribution in [0.15, 0.2) is 21.1 Å². The molecule has 2 aromatic heterocycles. The summed E-state index contributed by atoms with van der Waals surface area (Å²) in [6.07, 6.45) is 5.40. The fourth-order valence-corrected chi connectivity index (χ4v) is 5.48. The number of rotatable bonds is 4. The first-order valence-corrected chi connectivity index (χ1v) is 12.7. The Kier molecular flexibility index (Phi) is 7.12. The van der Waals surface area contributed by atoms with Gasteiger partial charge in [0.25, 0.3) is 5.91 Å². The first-order chi connectivity index (χ1) is 16.8. The predicted octanol–water partition coefficient (Wildman–Crippen LogP) is 6.33. The lowest BCUT2D eigenvalue weighted by Gasteiger charge is -2.42. The molecule has 0 unspecified atom stereocenters. The van der Waals surface area contributed by atoms with Gasteiger partial charge in [0.15, 0.2) is 5.76 Å². The number of carbonyl (C=O) groups excluding carboxylic acids is 2. The average molecular weight is 501 g/mol. The van der Waals surface area contributed by atoms with Crippen LogP contribution < -0.4 is 10.6 Å². The van der Waals surface area contributed by atoms with Gasteiger partial charge in [-0.15, -0.1) is 0 Å². The van der Waals surface area contributed by atoms with Gasteiger partial charge in [0.2, 0.25) is 0 Å². The minimum atomic E-state index is -0.535. The Morgan fingerprint density at radius 2 is 1.91 bits per heavy atom. The van der Waals surface area contributed by atoms with E-state index in [0.717, 1.165) is 60.1 Å². The number of aryl methyl sites for hydroxylation is 2. The van der Waals surface area contributed by atoms with Crippen LogP contribution in [0.25, 0.3) is 11.0 Å². The number of fused-ring (bicyclic) bond motifs is 4. The van der Waals surface area contributed by atoms with E-state index >= 15 is 0 Å². The number of carbonyl (C=O) groups is 2. The predicted molar refractivity (Wildman–Crippen MR) is 136 cm³/mol. The molecule has 2 aliphatic rings. The van der Waals surface area contributed by atoms with Crippen molar-refractivity contribution in [3.8, 4) is 0 Å². The number of hydrogen-bond donors (Lipinski definition) is 2. The summed E-state index contributed by atoms with van der Waals surface area (Å²) in [6.45, 7) is 8.27. The van der Waals surface area contributed by atoms with Gasteiger partial charge >= 0.3 is 6.03 Å². The maximum Gasteiger partial charge on any atom is 0.319 e. The van der Waals surface area contributed by atoms with E-state index in [0.29, 0.717) is 29.3 Å². The van der Waals surface area contributed by atoms with E-state index in [1.807, 2.05) is 27.7 Å². The largest absolute Gasteiger partial charge is 0.450 e. The standard InChI is InChI=1S/C24H27ClN4O4.C2H6/c1-13-16(14(2)33-28-13)7-10-29(3)22(30)18-12-15-11-17(25)20-19(21(15)32-18)24(27-23(31)26-20)8-5-4-6-9-24;1-2/h11-12H,4-10H2,1-3H3,(H2,26,27,31);1-2H3. The van der Waals surface area contributed by atoms with Crippen LogP contribution in [0, 0.1) is 13.8 Å². The second-order valence-corrected chi connectivity index (χ2v) is 9.55. The molecular formula is C26H33ClN4O4. The first-order valence-electron chi connectivity index (χ1n) is 12.3. The Labute approximate surface area is 210 Å². The van der Waals surface area contributed by atoms with E-state index < -0.39 is 5.54 Å². The van der Waals surface area contributed by atoms with Gasteiger partial charge in [0.1, 0.15) is 11.3 Å². The van der Waals surface area contributed by atoms with Gasteiger partial charge in [-0.1, -0.05) is 49.9 Å². The molecule has 1 aliphatic heterocycles. The van der Waals surface area contributed by atoms with Gasteiger partial charge in [0.05, 0.1) is 21.9 Å². The molecule has 0 saturated heterocycles. The van der Waals surface area contributed by atoms with E-state index in [1.54, 1.807) is 24.1 Å². The molecule has 1 aromatic carbocycles. The van der Waals surface area contributed by atoms with Gasteiger partial charge in [-0.05, 0) is 45.2 Å². The van der Waals surface area contributed by atoms with Crippen LogP contribution in [0.3, 0.4) is 0 Å². The first kappa shape index (κ1) is 25.1. The van der Waals surface area contributed by atoms with Gasteiger partial charge in [-0.2, -0.15) is 0 Å². The zero-order valence-electron chi connectivity index (χ0n) is 21.0. The maximum atomic E-state index is 13.2. The number of urea groups is 1. The maximum absolute atomic E-state index is 13.2. The number of nitrogens with zero attached hydrogens (tertiary/aromatic N) is 2. The van der Waals surface area contributed by atoms with Gasteiger partial charge in [-0.25, -0.2) is 4.79 Å². The summed E-state index contributed by atoms with van der Waals surface area (Å²) < 4.78 is 11.4. The highest BCUT2D eigenvalue weighted by atomic mass is 35.5. The number of anilines is 1. The number of amides is 3. The fourth-order valence-electron chi connectivity index (χ4n) is 5.22. The number of aromatic nitrogens is 1. The van der Waals surface area contributed by atoms with Crippen molar-refractivity contribution in [3.63, 3.8) is 0 Å². The van der Waals surface area contributed by atoms with Crippen molar-refractivity contribution >= 4 is 40.2 Å². The summed E-state index contributed by atoms with van der Waals surface area (Å²) in [5.74, 6) is 0.803. The van der Waals surface area contributed by atoms with Crippen molar-refractivity contribution in [3.05, 3.63) is 45.5 Å². The molecule has 0 bridgehead atoms. The highest BCUT2D eigenvalue weighted by molar-refractivity contribution is 6.35. The molecule has 1 fully saturated rings. The van der Waals surface area contributed by atoms with Crippen LogP contribution in [0.5, 0.6) is 0 Å². The van der Waals surface area contributed by atoms with E-state index in [-0.39, 0.29) is 17.7 Å². The zero-order chi connectivity index (χ0) is 25.3. The number of hydrogen-bond acceptors (Lipinski definition) is 5. The van der Waals surface area contributed by atoms with Crippen molar-refractivity contribution in [2.75, 3.05) is 18.9 Å². The smallest absolute Gasteiger partial charge is 0.319 e. The molecule has 9 heteroatoms. The molecule has 35 heavy (non-hydrogen) atoms. The Morgan fingerprint density at radius 1 is 1.20 bits per heavy atom. The molecule has 8 nitrogen and oxygen atoms in total. The van der Waals surface area contributed by atoms with Gasteiger partial charge in [0, 0.05) is 30.1 Å². The number of likely N-dealkylation sites (N-methyl/N-ethyl adjacent to an activating group) is 1. The quantitative estimate of drug-likeness (QED) is 0.436. The minimum absolute atomic E-state index is 0.215. The van der Waals surface area contributed by atoms with Crippen molar-refractivity contribution in [2.24, 2.45) is 0 Å². The van der Waals surface area contributed by atoms with Crippen LogP contribution in [0.2, 0.25) is 5.02 Å². The summed E-state index contributed by atoms with van der Waals surface area (Å²) in [4.78, 5) is 27.2. The van der Waals surface area contributed by atoms with Crippen LogP contribution in [-0.2, 0) is 12.0 Å². The van der Waals surface area contributed by atoms with Crippen LogP contribution in [0.4, 0.5) is 10.5 Å². The van der Waals surface area contributed by atoms with Crippen molar-refractivity contribution in [1.82, 2.24) is 15.4 Å². The molecule has 2 N–H and O–H groups in total. The number of halogens is 1. The van der Waals surface area contributed by atoms with Crippen molar-refractivity contribution in [2.45, 2.75) is 71.8 Å². The highest BCUT2D eigenvalue weighted by Gasteiger charge is 2.44. The molecule has 1 aliphatic carbocycles.